The largest absolute Gasteiger partial charge is 0.369 e. The van der Waals surface area contributed by atoms with E-state index < -0.39 is 0 Å². The van der Waals surface area contributed by atoms with Crippen LogP contribution in [0.3, 0.4) is 0 Å². The summed E-state index contributed by atoms with van der Waals surface area (Å²) in [4.78, 5) is 9.01. The van der Waals surface area contributed by atoms with Gasteiger partial charge in [0.25, 0.3) is 0 Å². The predicted octanol–water partition coefficient (Wildman–Crippen LogP) is 2.61. The molecule has 1 rings (SSSR count). The maximum absolute atomic E-state index is 5.52. The van der Waals surface area contributed by atoms with E-state index >= 15 is 0 Å². The molecule has 0 radical (unpaired) electrons. The number of hydrazine groups is 1. The molecule has 5 nitrogen and oxygen atoms in total. The van der Waals surface area contributed by atoms with Crippen LogP contribution in [0.25, 0.3) is 0 Å². The summed E-state index contributed by atoms with van der Waals surface area (Å²) in [6.45, 7) is 9.25. The monoisotopic (exact) mass is 283 g/mol. The van der Waals surface area contributed by atoms with Crippen molar-refractivity contribution in [1.29, 1.82) is 0 Å². The molecule has 6 heteroatoms. The maximum Gasteiger partial charge on any atom is 0.148 e. The SMILES string of the molecule is CSCC(C)CNc1nc(C(C)C)nc(NN)c1C. The first-order valence-corrected chi connectivity index (χ1v) is 7.96. The number of hydrogen-bond donors (Lipinski definition) is 3. The minimum Gasteiger partial charge on any atom is -0.369 e. The van der Waals surface area contributed by atoms with Crippen LogP contribution in [0.5, 0.6) is 0 Å². The Hall–Kier alpha value is -1.01. The Morgan fingerprint density at radius 2 is 1.84 bits per heavy atom. The number of nitrogen functional groups attached to an aromatic ring is 1. The van der Waals surface area contributed by atoms with Gasteiger partial charge in [0.2, 0.25) is 0 Å². The summed E-state index contributed by atoms with van der Waals surface area (Å²) >= 11 is 1.86. The first kappa shape index (κ1) is 16.0. The fourth-order valence-electron chi connectivity index (χ4n) is 1.72. The number of nitrogens with two attached hydrogens (primary N) is 1. The maximum atomic E-state index is 5.52. The number of anilines is 2. The zero-order chi connectivity index (χ0) is 14.4. The zero-order valence-electron chi connectivity index (χ0n) is 12.4. The highest BCUT2D eigenvalue weighted by Gasteiger charge is 2.13. The van der Waals surface area contributed by atoms with Gasteiger partial charge in [-0.05, 0) is 24.9 Å². The molecular weight excluding hydrogens is 258 g/mol. The number of nitrogens with zero attached hydrogens (tertiary/aromatic N) is 2. The normalized spacial score (nSPS) is 12.6. The molecule has 0 bridgehead atoms. The van der Waals surface area contributed by atoms with Crippen molar-refractivity contribution >= 4 is 23.4 Å². The average molecular weight is 283 g/mol. The lowest BCUT2D eigenvalue weighted by Gasteiger charge is -2.17. The van der Waals surface area contributed by atoms with Crippen LogP contribution in [0.1, 0.15) is 38.1 Å². The number of rotatable bonds is 7. The van der Waals surface area contributed by atoms with Gasteiger partial charge in [-0.3, -0.25) is 0 Å². The molecular formula is C13H25N5S. The lowest BCUT2D eigenvalue weighted by molar-refractivity contribution is 0.695. The molecule has 1 unspecified atom stereocenters. The molecule has 0 spiro atoms. The van der Waals surface area contributed by atoms with Crippen molar-refractivity contribution in [2.24, 2.45) is 11.8 Å². The molecule has 1 heterocycles. The van der Waals surface area contributed by atoms with Gasteiger partial charge in [-0.2, -0.15) is 11.8 Å². The fourth-order valence-corrected chi connectivity index (χ4v) is 2.41. The zero-order valence-corrected chi connectivity index (χ0v) is 13.3. The van der Waals surface area contributed by atoms with Gasteiger partial charge in [0.1, 0.15) is 17.5 Å². The van der Waals surface area contributed by atoms with Crippen molar-refractivity contribution < 1.29 is 0 Å². The van der Waals surface area contributed by atoms with Crippen LogP contribution in [0.2, 0.25) is 0 Å². The Labute approximate surface area is 120 Å². The standard InChI is InChI=1S/C13H25N5S/c1-8(2)11-16-12(10(4)13(17-11)18-14)15-6-9(3)7-19-5/h8-9H,6-7,14H2,1-5H3,(H2,15,16,17,18). The van der Waals surface area contributed by atoms with Gasteiger partial charge in [-0.15, -0.1) is 0 Å². The summed E-state index contributed by atoms with van der Waals surface area (Å²) in [6.07, 6.45) is 2.12. The number of nitrogens with one attached hydrogen (secondary N) is 2. The quantitative estimate of drug-likeness (QED) is 0.527. The number of hydrogen-bond acceptors (Lipinski definition) is 6. The number of aromatic nitrogens is 2. The van der Waals surface area contributed by atoms with Gasteiger partial charge in [0.15, 0.2) is 0 Å². The minimum atomic E-state index is 0.275. The molecule has 0 aliphatic carbocycles. The molecule has 0 aromatic carbocycles. The lowest BCUT2D eigenvalue weighted by atomic mass is 10.2. The van der Waals surface area contributed by atoms with Crippen LogP contribution in [-0.2, 0) is 0 Å². The van der Waals surface area contributed by atoms with Gasteiger partial charge in [0, 0.05) is 18.0 Å². The fraction of sp³-hybridized carbons (Fsp3) is 0.692. The summed E-state index contributed by atoms with van der Waals surface area (Å²) in [5, 5.41) is 3.41. The van der Waals surface area contributed by atoms with E-state index in [4.69, 9.17) is 5.84 Å². The Morgan fingerprint density at radius 3 is 2.37 bits per heavy atom. The Balaban J connectivity index is 2.89. The van der Waals surface area contributed by atoms with Crippen LogP contribution in [-0.4, -0.2) is 28.5 Å². The second kappa shape index (κ2) is 7.55. The van der Waals surface area contributed by atoms with Gasteiger partial charge >= 0.3 is 0 Å². The smallest absolute Gasteiger partial charge is 0.148 e. The van der Waals surface area contributed by atoms with Crippen LogP contribution < -0.4 is 16.6 Å². The highest BCUT2D eigenvalue weighted by Crippen LogP contribution is 2.22. The molecule has 1 aromatic heterocycles. The van der Waals surface area contributed by atoms with E-state index in [0.717, 1.165) is 29.5 Å². The van der Waals surface area contributed by atoms with Gasteiger partial charge in [-0.25, -0.2) is 15.8 Å². The first-order valence-electron chi connectivity index (χ1n) is 6.57. The lowest BCUT2D eigenvalue weighted by Crippen LogP contribution is -2.18. The Kier molecular flexibility index (Phi) is 6.37. The van der Waals surface area contributed by atoms with E-state index in [1.165, 1.54) is 0 Å². The van der Waals surface area contributed by atoms with Gasteiger partial charge < -0.3 is 10.7 Å². The third kappa shape index (κ3) is 4.54. The molecule has 1 aromatic rings. The first-order chi connectivity index (χ1) is 8.99. The van der Waals surface area contributed by atoms with Gasteiger partial charge in [-0.1, -0.05) is 20.8 Å². The van der Waals surface area contributed by atoms with Crippen LogP contribution in [0, 0.1) is 12.8 Å². The molecule has 0 aliphatic rings. The van der Waals surface area contributed by atoms with Crippen molar-refractivity contribution in [2.75, 3.05) is 29.3 Å². The molecule has 0 aliphatic heterocycles. The van der Waals surface area contributed by atoms with Crippen molar-refractivity contribution in [3.05, 3.63) is 11.4 Å². The van der Waals surface area contributed by atoms with E-state index in [1.54, 1.807) is 0 Å². The second-order valence-corrected chi connectivity index (χ2v) is 6.06. The summed E-state index contributed by atoms with van der Waals surface area (Å²) in [5.41, 5.74) is 3.61. The Morgan fingerprint density at radius 1 is 1.21 bits per heavy atom. The van der Waals surface area contributed by atoms with E-state index in [0.29, 0.717) is 11.7 Å². The molecule has 1 atom stereocenters. The van der Waals surface area contributed by atoms with Gasteiger partial charge in [0.05, 0.1) is 0 Å². The third-order valence-corrected chi connectivity index (χ3v) is 3.79. The van der Waals surface area contributed by atoms with E-state index in [2.05, 4.69) is 47.7 Å². The third-order valence-electron chi connectivity index (χ3n) is 2.89. The van der Waals surface area contributed by atoms with Crippen molar-refractivity contribution in [3.8, 4) is 0 Å². The molecule has 0 saturated carbocycles. The second-order valence-electron chi connectivity index (χ2n) is 5.14. The minimum absolute atomic E-state index is 0.275. The average Bonchev–Trinajstić information content (AvgIpc) is 2.37. The summed E-state index contributed by atoms with van der Waals surface area (Å²) in [7, 11) is 0. The Bertz CT molecular complexity index is 408. The number of thioether (sulfide) groups is 1. The molecule has 0 saturated heterocycles. The molecule has 4 N–H and O–H groups in total. The van der Waals surface area contributed by atoms with E-state index in [1.807, 2.05) is 18.7 Å². The van der Waals surface area contributed by atoms with Crippen LogP contribution >= 0.6 is 11.8 Å². The summed E-state index contributed by atoms with van der Waals surface area (Å²) in [6, 6.07) is 0. The summed E-state index contributed by atoms with van der Waals surface area (Å²) < 4.78 is 0. The van der Waals surface area contributed by atoms with Crippen molar-refractivity contribution in [2.45, 2.75) is 33.6 Å². The molecule has 0 fully saturated rings. The molecule has 0 amide bonds. The van der Waals surface area contributed by atoms with E-state index in [-0.39, 0.29) is 5.92 Å². The van der Waals surface area contributed by atoms with E-state index in [9.17, 15) is 0 Å². The molecule has 108 valence electrons. The summed E-state index contributed by atoms with van der Waals surface area (Å²) in [5.74, 6) is 9.90. The van der Waals surface area contributed by atoms with Crippen LogP contribution in [0.4, 0.5) is 11.6 Å². The highest BCUT2D eigenvalue weighted by molar-refractivity contribution is 7.98. The highest BCUT2D eigenvalue weighted by atomic mass is 32.2. The van der Waals surface area contributed by atoms with Crippen molar-refractivity contribution in [1.82, 2.24) is 9.97 Å². The van der Waals surface area contributed by atoms with Crippen molar-refractivity contribution in [3.63, 3.8) is 0 Å². The predicted molar refractivity (Wildman–Crippen MR) is 84.7 cm³/mol. The van der Waals surface area contributed by atoms with Crippen LogP contribution in [0.15, 0.2) is 0 Å². The topological polar surface area (TPSA) is 75.9 Å². The molecule has 19 heavy (non-hydrogen) atoms.